The van der Waals surface area contributed by atoms with Crippen LogP contribution in [0.25, 0.3) is 0 Å². The first-order valence-corrected chi connectivity index (χ1v) is 30.8. The molecule has 1 amide bonds. The smallest absolute Gasteiger partial charge is 0.407 e. The second-order valence-electron chi connectivity index (χ2n) is 22.0. The van der Waals surface area contributed by atoms with Gasteiger partial charge < -0.3 is 48.1 Å². The average molecular weight is 1130 g/mol. The number of amides is 1. The highest BCUT2D eigenvalue weighted by molar-refractivity contribution is 5.92. The Balaban J connectivity index is 6.27. The van der Waals surface area contributed by atoms with Crippen molar-refractivity contribution in [2.45, 2.75) is 284 Å². The number of nitrogens with one attached hydrogen (secondary N) is 1. The molecule has 0 radical (unpaired) electrons. The van der Waals surface area contributed by atoms with Gasteiger partial charge in [-0.2, -0.15) is 0 Å². The van der Waals surface area contributed by atoms with Gasteiger partial charge in [-0.25, -0.2) is 9.59 Å². The van der Waals surface area contributed by atoms with Gasteiger partial charge >= 0.3 is 47.9 Å². The minimum Gasteiger partial charge on any atom is -0.466 e. The highest BCUT2D eigenvalue weighted by Crippen LogP contribution is 2.28. The van der Waals surface area contributed by atoms with Crippen LogP contribution in [0.4, 0.5) is 4.79 Å². The molecule has 0 aliphatic rings. The number of rotatable bonds is 52. The SMILES string of the molecule is CCCCCCCC(=O)OCCCCCOC(=O)CC(CC(=O)OC(CCCCC)CCCCOC(=O)CCCCCCC)(OC(=O)CCN(C)CCNC(=O)OC(C)(C)C)C(=O)OCCCCCOC(=O)CCCCCCC. The van der Waals surface area contributed by atoms with Crippen molar-refractivity contribution in [3.05, 3.63) is 0 Å². The number of carbonyl (C=O) groups is 8. The molecule has 18 heteroatoms. The van der Waals surface area contributed by atoms with E-state index in [4.69, 9.17) is 37.9 Å². The number of hydrogen-bond acceptors (Lipinski definition) is 17. The fraction of sp³-hybridized carbons (Fsp3) is 0.869. The van der Waals surface area contributed by atoms with Gasteiger partial charge in [0.15, 0.2) is 0 Å². The Hall–Kier alpha value is -4.48. The van der Waals surface area contributed by atoms with Crippen LogP contribution in [0.3, 0.4) is 0 Å². The molecule has 0 saturated carbocycles. The quantitative estimate of drug-likeness (QED) is 0.0339. The fourth-order valence-electron chi connectivity index (χ4n) is 8.39. The largest absolute Gasteiger partial charge is 0.466 e. The first-order chi connectivity index (χ1) is 37.9. The molecule has 0 heterocycles. The lowest BCUT2D eigenvalue weighted by Crippen LogP contribution is -2.49. The van der Waals surface area contributed by atoms with E-state index in [0.29, 0.717) is 90.0 Å². The van der Waals surface area contributed by atoms with Crippen LogP contribution in [-0.4, -0.2) is 130 Å². The van der Waals surface area contributed by atoms with Crippen molar-refractivity contribution in [1.29, 1.82) is 0 Å². The first-order valence-electron chi connectivity index (χ1n) is 30.8. The zero-order valence-corrected chi connectivity index (χ0v) is 50.8. The summed E-state index contributed by atoms with van der Waals surface area (Å²) in [5.41, 5.74) is -3.14. The predicted octanol–water partition coefficient (Wildman–Crippen LogP) is 12.7. The summed E-state index contributed by atoms with van der Waals surface area (Å²) in [6.07, 6.45) is 21.0. The van der Waals surface area contributed by atoms with Crippen LogP contribution in [0.5, 0.6) is 0 Å². The molecule has 79 heavy (non-hydrogen) atoms. The molecule has 0 aliphatic heterocycles. The Bertz CT molecular complexity index is 1640. The highest BCUT2D eigenvalue weighted by Gasteiger charge is 2.49. The third kappa shape index (κ3) is 45.9. The van der Waals surface area contributed by atoms with E-state index in [1.54, 1.807) is 32.7 Å². The van der Waals surface area contributed by atoms with Gasteiger partial charge in [-0.1, -0.05) is 118 Å². The van der Waals surface area contributed by atoms with E-state index in [1.165, 1.54) is 0 Å². The first kappa shape index (κ1) is 74.5. The van der Waals surface area contributed by atoms with Crippen LogP contribution >= 0.6 is 0 Å². The van der Waals surface area contributed by atoms with Gasteiger partial charge in [0, 0.05) is 38.9 Å². The molecule has 0 saturated heterocycles. The number of esters is 7. The molecule has 2 unspecified atom stereocenters. The summed E-state index contributed by atoms with van der Waals surface area (Å²) >= 11 is 0. The number of likely N-dealkylation sites (N-methyl/N-ethyl adjacent to an activating group) is 1. The Morgan fingerprint density at radius 2 is 0.785 bits per heavy atom. The van der Waals surface area contributed by atoms with Gasteiger partial charge in [0.25, 0.3) is 0 Å². The highest BCUT2D eigenvalue weighted by atomic mass is 16.6. The number of hydrogen-bond donors (Lipinski definition) is 1. The van der Waals surface area contributed by atoms with Gasteiger partial charge in [-0.3, -0.25) is 28.8 Å². The average Bonchev–Trinajstić information content (AvgIpc) is 3.40. The maximum Gasteiger partial charge on any atom is 0.407 e. The van der Waals surface area contributed by atoms with Crippen LogP contribution < -0.4 is 5.32 Å². The molecule has 0 spiro atoms. The lowest BCUT2D eigenvalue weighted by Gasteiger charge is -2.31. The van der Waals surface area contributed by atoms with E-state index in [9.17, 15) is 38.4 Å². The molecule has 0 aliphatic carbocycles. The van der Waals surface area contributed by atoms with E-state index in [-0.39, 0.29) is 70.5 Å². The van der Waals surface area contributed by atoms with Gasteiger partial charge in [-0.15, -0.1) is 0 Å². The zero-order valence-electron chi connectivity index (χ0n) is 50.8. The second kappa shape index (κ2) is 49.3. The lowest BCUT2D eigenvalue weighted by atomic mass is 9.94. The summed E-state index contributed by atoms with van der Waals surface area (Å²) in [7, 11) is 1.73. The van der Waals surface area contributed by atoms with Crippen molar-refractivity contribution < 1.29 is 76.3 Å². The predicted molar refractivity (Wildman–Crippen MR) is 305 cm³/mol. The van der Waals surface area contributed by atoms with E-state index >= 15 is 0 Å². The van der Waals surface area contributed by atoms with Crippen molar-refractivity contribution in [3.63, 3.8) is 0 Å². The minimum absolute atomic E-state index is 0.0486. The van der Waals surface area contributed by atoms with Gasteiger partial charge in [-0.05, 0) is 118 Å². The van der Waals surface area contributed by atoms with Crippen molar-refractivity contribution in [2.75, 3.05) is 59.7 Å². The maximum atomic E-state index is 14.5. The molecule has 18 nitrogen and oxygen atoms in total. The van der Waals surface area contributed by atoms with Crippen LogP contribution in [0.1, 0.15) is 267 Å². The number of nitrogens with zero attached hydrogens (tertiary/aromatic N) is 1. The van der Waals surface area contributed by atoms with Crippen molar-refractivity contribution >= 4 is 47.9 Å². The molecular formula is C61H110N2O16. The summed E-state index contributed by atoms with van der Waals surface area (Å²) in [5.74, 6) is -4.49. The Labute approximate surface area is 476 Å². The maximum absolute atomic E-state index is 14.5. The van der Waals surface area contributed by atoms with Crippen molar-refractivity contribution in [2.24, 2.45) is 0 Å². The Kier molecular flexibility index (Phi) is 46.5. The Morgan fingerprint density at radius 3 is 1.24 bits per heavy atom. The van der Waals surface area contributed by atoms with Gasteiger partial charge in [0.05, 0.1) is 52.3 Å². The third-order valence-electron chi connectivity index (χ3n) is 13.1. The zero-order chi connectivity index (χ0) is 58.8. The van der Waals surface area contributed by atoms with E-state index in [1.807, 2.05) is 0 Å². The normalized spacial score (nSPS) is 12.5. The summed E-state index contributed by atoms with van der Waals surface area (Å²) < 4.78 is 44.9. The minimum atomic E-state index is -2.46. The number of unbranched alkanes of at least 4 members (excludes halogenated alkanes) is 19. The molecule has 0 fully saturated rings. The van der Waals surface area contributed by atoms with Gasteiger partial charge in [0.1, 0.15) is 11.7 Å². The molecule has 1 N–H and O–H groups in total. The summed E-state index contributed by atoms with van der Waals surface area (Å²) in [6, 6.07) is 0. The summed E-state index contributed by atoms with van der Waals surface area (Å²) in [6.45, 7) is 14.9. The lowest BCUT2D eigenvalue weighted by molar-refractivity contribution is -0.192. The van der Waals surface area contributed by atoms with Crippen LogP contribution in [0.2, 0.25) is 0 Å². The Morgan fingerprint density at radius 1 is 0.405 bits per heavy atom. The fourth-order valence-corrected chi connectivity index (χ4v) is 8.39. The molecule has 0 aromatic heterocycles. The van der Waals surface area contributed by atoms with Crippen LogP contribution in [0, 0.1) is 0 Å². The molecular weight excluding hydrogens is 1020 g/mol. The van der Waals surface area contributed by atoms with Crippen LogP contribution in [0.15, 0.2) is 0 Å². The van der Waals surface area contributed by atoms with E-state index in [0.717, 1.165) is 116 Å². The molecule has 0 rings (SSSR count). The molecule has 0 bridgehead atoms. The molecule has 2 atom stereocenters. The van der Waals surface area contributed by atoms with E-state index < -0.39 is 60.1 Å². The second-order valence-corrected chi connectivity index (χ2v) is 22.0. The number of carbonyl (C=O) groups excluding carboxylic acids is 8. The van der Waals surface area contributed by atoms with Crippen molar-refractivity contribution in [1.82, 2.24) is 10.2 Å². The standard InChI is InChI=1S/C61H110N2O16/c1-9-13-17-20-26-37-52(64)72-44-30-23-32-46-75-56(68)49-61(78-55(67)40-42-63(8)43-41-62-59(71)79-60(5,6)7,58(70)76-48-33-24-31-45-73-53(65)38-27-21-18-14-10-2)50-57(69)77-51(35-25-16-12-4)36-29-34-47-74-54(66)39-28-22-19-15-11-3/h51H,9-50H2,1-8H3,(H,62,71). The monoisotopic (exact) mass is 1130 g/mol. The molecule has 0 aromatic rings. The number of alkyl carbamates (subject to hydrolysis) is 1. The van der Waals surface area contributed by atoms with Crippen LogP contribution in [-0.2, 0) is 71.5 Å². The molecule has 460 valence electrons. The van der Waals surface area contributed by atoms with Gasteiger partial charge in [0.2, 0.25) is 5.60 Å². The summed E-state index contributed by atoms with van der Waals surface area (Å²) in [5, 5.41) is 2.68. The molecule has 0 aromatic carbocycles. The number of ether oxygens (including phenoxy) is 8. The topological polar surface area (TPSA) is 226 Å². The van der Waals surface area contributed by atoms with Crippen molar-refractivity contribution in [3.8, 4) is 0 Å². The summed E-state index contributed by atoms with van der Waals surface area (Å²) in [4.78, 5) is 107. The third-order valence-corrected chi connectivity index (χ3v) is 13.1. The van der Waals surface area contributed by atoms with E-state index in [2.05, 4.69) is 33.0 Å².